The van der Waals surface area contributed by atoms with Crippen molar-refractivity contribution in [3.63, 3.8) is 0 Å². The van der Waals surface area contributed by atoms with Crippen LogP contribution in [0.25, 0.3) is 0 Å². The summed E-state index contributed by atoms with van der Waals surface area (Å²) in [7, 11) is 4.05. The van der Waals surface area contributed by atoms with Gasteiger partial charge in [0.15, 0.2) is 0 Å². The fourth-order valence-electron chi connectivity index (χ4n) is 2.52. The maximum absolute atomic E-state index is 9.09. The predicted molar refractivity (Wildman–Crippen MR) is 72.9 cm³/mol. The van der Waals surface area contributed by atoms with Crippen molar-refractivity contribution in [3.8, 4) is 6.07 Å². The minimum absolute atomic E-state index is 0.446. The smallest absolute Gasteiger partial charge is 0.104 e. The van der Waals surface area contributed by atoms with Crippen molar-refractivity contribution in [2.75, 3.05) is 11.5 Å². The molecule has 16 heavy (non-hydrogen) atoms. The Labute approximate surface area is 107 Å². The van der Waals surface area contributed by atoms with Gasteiger partial charge >= 0.3 is 0 Å². The lowest BCUT2D eigenvalue weighted by molar-refractivity contribution is 0.511. The molecule has 0 amide bonds. The quantitative estimate of drug-likeness (QED) is 0.734. The van der Waals surface area contributed by atoms with Gasteiger partial charge in [0.25, 0.3) is 0 Å². The topological polar surface area (TPSA) is 49.8 Å². The van der Waals surface area contributed by atoms with E-state index in [4.69, 9.17) is 11.0 Å². The van der Waals surface area contributed by atoms with Gasteiger partial charge in [-0.05, 0) is 31.2 Å². The fraction of sp³-hybridized carbons (Fsp3) is 0.545. The van der Waals surface area contributed by atoms with Crippen molar-refractivity contribution >= 4 is 37.9 Å². The summed E-state index contributed by atoms with van der Waals surface area (Å²) in [5, 5.41) is 9.81. The van der Waals surface area contributed by atoms with E-state index in [-0.39, 0.29) is 0 Å². The van der Waals surface area contributed by atoms with Crippen LogP contribution in [0.1, 0.15) is 28.8 Å². The number of nitrogen functional groups attached to an aromatic ring is 1. The van der Waals surface area contributed by atoms with Crippen LogP contribution >= 0.6 is 32.9 Å². The van der Waals surface area contributed by atoms with E-state index in [9.17, 15) is 0 Å². The van der Waals surface area contributed by atoms with Gasteiger partial charge in [0, 0.05) is 15.4 Å². The number of thiophene rings is 1. The second-order valence-corrected chi connectivity index (χ2v) is 8.39. The average molecular weight is 268 g/mol. The molecule has 1 unspecified atom stereocenters. The first-order valence-electron chi connectivity index (χ1n) is 5.35. The molecule has 1 aromatic rings. The molecule has 1 aliphatic carbocycles. The van der Waals surface area contributed by atoms with Gasteiger partial charge in [0.1, 0.15) is 11.1 Å². The molecular formula is C11H12N2S3. The van der Waals surface area contributed by atoms with Gasteiger partial charge in [0.2, 0.25) is 0 Å². The predicted octanol–water partition coefficient (Wildman–Crippen LogP) is 3.21. The zero-order valence-electron chi connectivity index (χ0n) is 8.78. The van der Waals surface area contributed by atoms with Gasteiger partial charge in [-0.15, -0.1) is 11.3 Å². The van der Waals surface area contributed by atoms with E-state index in [1.807, 2.05) is 10.8 Å². The molecule has 1 saturated heterocycles. The number of anilines is 1. The van der Waals surface area contributed by atoms with Crippen LogP contribution in [0.3, 0.4) is 0 Å². The van der Waals surface area contributed by atoms with Crippen LogP contribution in [-0.2, 0) is 12.8 Å². The lowest BCUT2D eigenvalue weighted by Crippen LogP contribution is -2.29. The molecule has 2 aliphatic rings. The number of fused-ring (bicyclic) bond motifs is 1. The number of rotatable bonds is 0. The zero-order chi connectivity index (χ0) is 11.2. The van der Waals surface area contributed by atoms with Crippen molar-refractivity contribution in [2.24, 2.45) is 0 Å². The monoisotopic (exact) mass is 268 g/mol. The normalized spacial score (nSPS) is 27.9. The molecule has 1 aliphatic heterocycles. The molecule has 5 heteroatoms. The van der Waals surface area contributed by atoms with Crippen LogP contribution in [0.2, 0.25) is 0 Å². The molecule has 84 valence electrons. The Morgan fingerprint density at radius 2 is 2.25 bits per heavy atom. The molecule has 1 spiro atoms. The molecule has 3 rings (SSSR count). The van der Waals surface area contributed by atoms with Crippen molar-refractivity contribution in [3.05, 3.63) is 16.0 Å². The van der Waals surface area contributed by atoms with Crippen molar-refractivity contribution in [1.29, 1.82) is 5.26 Å². The van der Waals surface area contributed by atoms with E-state index in [0.29, 0.717) is 4.75 Å². The van der Waals surface area contributed by atoms with E-state index in [0.717, 1.165) is 23.4 Å². The molecule has 1 fully saturated rings. The zero-order valence-corrected chi connectivity index (χ0v) is 11.2. The number of hydrogen-bond donors (Lipinski definition) is 1. The van der Waals surface area contributed by atoms with Crippen molar-refractivity contribution < 1.29 is 0 Å². The molecular weight excluding hydrogens is 256 g/mol. The Bertz CT molecular complexity index is 466. The van der Waals surface area contributed by atoms with E-state index in [2.05, 4.69) is 16.9 Å². The summed E-state index contributed by atoms with van der Waals surface area (Å²) in [6.45, 7) is 0. The van der Waals surface area contributed by atoms with Crippen molar-refractivity contribution in [1.82, 2.24) is 0 Å². The summed E-state index contributed by atoms with van der Waals surface area (Å²) in [5.41, 5.74) is 7.90. The Hall–Kier alpha value is -0.310. The first-order chi connectivity index (χ1) is 7.74. The second-order valence-electron chi connectivity index (χ2n) is 4.37. The molecule has 1 atom stereocenters. The Morgan fingerprint density at radius 3 is 2.94 bits per heavy atom. The Kier molecular flexibility index (Phi) is 2.61. The largest absolute Gasteiger partial charge is 0.389 e. The highest BCUT2D eigenvalue weighted by molar-refractivity contribution is 8.77. The lowest BCUT2D eigenvalue weighted by atomic mass is 9.85. The van der Waals surface area contributed by atoms with Gasteiger partial charge in [-0.2, -0.15) is 5.26 Å². The summed E-state index contributed by atoms with van der Waals surface area (Å²) in [6.07, 6.45) is 4.68. The minimum Gasteiger partial charge on any atom is -0.389 e. The van der Waals surface area contributed by atoms with Gasteiger partial charge in [-0.25, -0.2) is 0 Å². The van der Waals surface area contributed by atoms with E-state index >= 15 is 0 Å². The molecule has 2 nitrogen and oxygen atoms in total. The molecule has 0 bridgehead atoms. The summed E-state index contributed by atoms with van der Waals surface area (Å²) >= 11 is 1.63. The van der Waals surface area contributed by atoms with Crippen LogP contribution in [0.5, 0.6) is 0 Å². The van der Waals surface area contributed by atoms with E-state index in [1.54, 1.807) is 11.3 Å². The van der Waals surface area contributed by atoms with Gasteiger partial charge in [0.05, 0.1) is 5.56 Å². The summed E-state index contributed by atoms with van der Waals surface area (Å²) in [5.74, 6) is 1.27. The molecule has 2 heterocycles. The highest BCUT2D eigenvalue weighted by Gasteiger charge is 2.40. The first-order valence-corrected chi connectivity index (χ1v) is 8.48. The van der Waals surface area contributed by atoms with Crippen LogP contribution < -0.4 is 5.73 Å². The number of nitrogens with two attached hydrogens (primary N) is 1. The Balaban J connectivity index is 1.99. The van der Waals surface area contributed by atoms with Crippen LogP contribution in [0.15, 0.2) is 0 Å². The van der Waals surface area contributed by atoms with Crippen LogP contribution in [0.4, 0.5) is 5.00 Å². The molecule has 0 aromatic carbocycles. The number of nitrogens with zero attached hydrogens (tertiary/aromatic N) is 1. The highest BCUT2D eigenvalue weighted by atomic mass is 33.1. The highest BCUT2D eigenvalue weighted by Crippen LogP contribution is 2.54. The summed E-state index contributed by atoms with van der Waals surface area (Å²) in [4.78, 5) is 1.37. The molecule has 1 aromatic heterocycles. The number of hydrogen-bond acceptors (Lipinski definition) is 5. The SMILES string of the molecule is N#Cc1c(N)sc2c1CCC1(CCSS1)C2. The lowest BCUT2D eigenvalue weighted by Gasteiger charge is -2.31. The molecule has 2 N–H and O–H groups in total. The van der Waals surface area contributed by atoms with Crippen LogP contribution in [0, 0.1) is 11.3 Å². The summed E-state index contributed by atoms with van der Waals surface area (Å²) in [6, 6.07) is 2.26. The molecule has 0 saturated carbocycles. The minimum atomic E-state index is 0.446. The third-order valence-corrected chi connectivity index (χ3v) is 7.79. The first kappa shape index (κ1) is 10.8. The van der Waals surface area contributed by atoms with Crippen LogP contribution in [-0.4, -0.2) is 10.5 Å². The fourth-order valence-corrected chi connectivity index (χ4v) is 7.26. The Morgan fingerprint density at radius 1 is 1.38 bits per heavy atom. The maximum atomic E-state index is 9.09. The number of nitriles is 1. The van der Waals surface area contributed by atoms with Gasteiger partial charge < -0.3 is 5.73 Å². The summed E-state index contributed by atoms with van der Waals surface area (Å²) < 4.78 is 0.446. The van der Waals surface area contributed by atoms with Gasteiger partial charge in [-0.1, -0.05) is 21.6 Å². The van der Waals surface area contributed by atoms with E-state index < -0.39 is 0 Å². The standard InChI is InChI=1S/C11H12N2S3/c12-6-8-7-1-2-11(3-4-14-16-11)5-9(7)15-10(8)13/h1-5,13H2. The van der Waals surface area contributed by atoms with Gasteiger partial charge in [-0.3, -0.25) is 0 Å². The third kappa shape index (κ3) is 1.55. The average Bonchev–Trinajstić information content (AvgIpc) is 2.82. The van der Waals surface area contributed by atoms with E-state index in [1.165, 1.54) is 29.0 Å². The second kappa shape index (κ2) is 3.86. The molecule has 0 radical (unpaired) electrons. The van der Waals surface area contributed by atoms with Crippen molar-refractivity contribution in [2.45, 2.75) is 30.4 Å². The third-order valence-electron chi connectivity index (χ3n) is 3.42. The maximum Gasteiger partial charge on any atom is 0.104 e.